The summed E-state index contributed by atoms with van der Waals surface area (Å²) in [6.07, 6.45) is 4.74. The molecule has 1 amide bonds. The van der Waals surface area contributed by atoms with Crippen LogP contribution < -0.4 is 9.47 Å². The summed E-state index contributed by atoms with van der Waals surface area (Å²) in [5, 5.41) is 17.9. The van der Waals surface area contributed by atoms with E-state index < -0.39 is 16.9 Å². The van der Waals surface area contributed by atoms with Gasteiger partial charge in [0.05, 0.1) is 40.5 Å². The lowest BCUT2D eigenvalue weighted by molar-refractivity contribution is -0.384. The minimum atomic E-state index is -0.537. The minimum Gasteiger partial charge on any atom is -0.494 e. The van der Waals surface area contributed by atoms with Crippen LogP contribution in [0.4, 0.5) is 5.69 Å². The SMILES string of the molecule is CCOc1ccc(/C=C2\CCC[C@@H]3C2=NN(C(=O)c2cc([N+](=O)[O-])ccc2Cl)[C@H]3c2ccc(OCC)cc2)cc1. The molecule has 0 spiro atoms. The van der Waals surface area contributed by atoms with Crippen LogP contribution in [0.2, 0.25) is 5.02 Å². The fraction of sp³-hybridized carbons (Fsp3) is 0.290. The molecule has 1 aliphatic carbocycles. The summed E-state index contributed by atoms with van der Waals surface area (Å²) in [5.74, 6) is 1.03. The molecule has 3 aromatic carbocycles. The van der Waals surface area contributed by atoms with E-state index in [1.54, 1.807) is 0 Å². The van der Waals surface area contributed by atoms with Crippen LogP contribution in [0, 0.1) is 16.0 Å². The zero-order chi connectivity index (χ0) is 28.2. The Morgan fingerprint density at radius 3 is 2.33 bits per heavy atom. The average molecular weight is 560 g/mol. The van der Waals surface area contributed by atoms with Gasteiger partial charge in [0.15, 0.2) is 0 Å². The van der Waals surface area contributed by atoms with E-state index in [0.29, 0.717) is 13.2 Å². The molecule has 0 saturated heterocycles. The van der Waals surface area contributed by atoms with Crippen molar-refractivity contribution in [3.63, 3.8) is 0 Å². The van der Waals surface area contributed by atoms with Crippen molar-refractivity contribution in [2.45, 2.75) is 39.2 Å². The van der Waals surface area contributed by atoms with Gasteiger partial charge in [0.25, 0.3) is 11.6 Å². The number of hydrogen-bond donors (Lipinski definition) is 0. The highest BCUT2D eigenvalue weighted by Crippen LogP contribution is 2.45. The Bertz CT molecular complexity index is 1470. The topological polar surface area (TPSA) is 94.3 Å². The number of allylic oxidation sites excluding steroid dienone is 1. The van der Waals surface area contributed by atoms with Crippen LogP contribution >= 0.6 is 11.6 Å². The van der Waals surface area contributed by atoms with Crippen LogP contribution in [0.5, 0.6) is 11.5 Å². The standard InChI is InChI=1S/C31H30ClN3O5/c1-3-39-24-13-8-20(9-14-24)18-22-6-5-7-26-29(22)33-34(30(26)21-10-15-25(16-11-21)40-4-2)31(36)27-19-23(35(37)38)12-17-28(27)32/h8-19,26,30H,3-7H2,1-2H3/b22-18+/t26-,30+/m1/s1. The third-order valence-electron chi connectivity index (χ3n) is 7.17. The quantitative estimate of drug-likeness (QED) is 0.210. The van der Waals surface area contributed by atoms with Gasteiger partial charge in [-0.3, -0.25) is 14.9 Å². The van der Waals surface area contributed by atoms with E-state index in [9.17, 15) is 14.9 Å². The number of fused-ring (bicyclic) bond motifs is 1. The van der Waals surface area contributed by atoms with Crippen molar-refractivity contribution in [3.05, 3.63) is 104 Å². The van der Waals surface area contributed by atoms with Gasteiger partial charge in [0.1, 0.15) is 11.5 Å². The monoisotopic (exact) mass is 559 g/mol. The van der Waals surface area contributed by atoms with Crippen LogP contribution in [0.1, 0.15) is 60.6 Å². The Morgan fingerprint density at radius 1 is 1.05 bits per heavy atom. The maximum absolute atomic E-state index is 14.0. The first-order valence-electron chi connectivity index (χ1n) is 13.4. The number of carbonyl (C=O) groups excluding carboxylic acids is 1. The fourth-order valence-corrected chi connectivity index (χ4v) is 5.57. The summed E-state index contributed by atoms with van der Waals surface area (Å²) in [6.45, 7) is 5.03. The van der Waals surface area contributed by atoms with E-state index in [1.807, 2.05) is 62.4 Å². The van der Waals surface area contributed by atoms with Crippen molar-refractivity contribution in [3.8, 4) is 11.5 Å². The van der Waals surface area contributed by atoms with Crippen molar-refractivity contribution in [2.75, 3.05) is 13.2 Å². The van der Waals surface area contributed by atoms with Gasteiger partial charge in [-0.05, 0) is 86.2 Å². The lowest BCUT2D eigenvalue weighted by atomic mass is 9.77. The van der Waals surface area contributed by atoms with E-state index in [4.69, 9.17) is 26.2 Å². The van der Waals surface area contributed by atoms with E-state index in [1.165, 1.54) is 23.2 Å². The second-order valence-electron chi connectivity index (χ2n) is 9.67. The fourth-order valence-electron chi connectivity index (χ4n) is 5.37. The molecule has 2 atom stereocenters. The van der Waals surface area contributed by atoms with Crippen molar-refractivity contribution in [1.82, 2.24) is 5.01 Å². The number of halogens is 1. The predicted molar refractivity (Wildman–Crippen MR) is 155 cm³/mol. The Kier molecular flexibility index (Phi) is 8.16. The molecular formula is C31H30ClN3O5. The maximum Gasteiger partial charge on any atom is 0.276 e. The zero-order valence-corrected chi connectivity index (χ0v) is 23.1. The van der Waals surface area contributed by atoms with Crippen LogP contribution in [0.15, 0.2) is 77.4 Å². The normalized spacial score (nSPS) is 19.2. The van der Waals surface area contributed by atoms with E-state index in [-0.39, 0.29) is 22.2 Å². The summed E-state index contributed by atoms with van der Waals surface area (Å²) < 4.78 is 11.2. The number of hydrogen-bond acceptors (Lipinski definition) is 6. The molecule has 0 N–H and O–H groups in total. The van der Waals surface area contributed by atoms with E-state index in [0.717, 1.165) is 53.2 Å². The van der Waals surface area contributed by atoms with Gasteiger partial charge in [0.2, 0.25) is 0 Å². The molecule has 3 aromatic rings. The van der Waals surface area contributed by atoms with Gasteiger partial charge in [-0.2, -0.15) is 5.10 Å². The minimum absolute atomic E-state index is 0.0398. The number of benzene rings is 3. The maximum atomic E-state index is 14.0. The first kappa shape index (κ1) is 27.4. The molecule has 1 aliphatic heterocycles. The number of hydrazone groups is 1. The first-order chi connectivity index (χ1) is 19.4. The first-order valence-corrected chi connectivity index (χ1v) is 13.8. The van der Waals surface area contributed by atoms with Crippen LogP contribution in [0.25, 0.3) is 6.08 Å². The number of nitro benzene ring substituents is 1. The lowest BCUT2D eigenvalue weighted by Crippen LogP contribution is -2.32. The van der Waals surface area contributed by atoms with Crippen LogP contribution in [-0.4, -0.2) is 34.8 Å². The van der Waals surface area contributed by atoms with Crippen molar-refractivity contribution >= 4 is 35.0 Å². The summed E-state index contributed by atoms with van der Waals surface area (Å²) in [7, 11) is 0. The molecule has 0 bridgehead atoms. The third-order valence-corrected chi connectivity index (χ3v) is 7.50. The molecule has 0 radical (unpaired) electrons. The number of carbonyl (C=O) groups is 1. The number of nitro groups is 1. The smallest absolute Gasteiger partial charge is 0.276 e. The average Bonchev–Trinajstić information content (AvgIpc) is 3.35. The zero-order valence-electron chi connectivity index (χ0n) is 22.4. The number of ether oxygens (including phenoxy) is 2. The molecule has 40 heavy (non-hydrogen) atoms. The van der Waals surface area contributed by atoms with Gasteiger partial charge in [0, 0.05) is 18.1 Å². The molecule has 1 fully saturated rings. The molecule has 0 unspecified atom stereocenters. The van der Waals surface area contributed by atoms with Crippen molar-refractivity contribution in [1.29, 1.82) is 0 Å². The molecule has 0 aromatic heterocycles. The Balaban J connectivity index is 1.56. The van der Waals surface area contributed by atoms with Gasteiger partial charge in [-0.1, -0.05) is 35.9 Å². The number of amides is 1. The molecule has 2 aliphatic rings. The van der Waals surface area contributed by atoms with E-state index >= 15 is 0 Å². The lowest BCUT2D eigenvalue weighted by Gasteiger charge is -2.30. The molecule has 1 saturated carbocycles. The number of nitrogens with zero attached hydrogens (tertiary/aromatic N) is 3. The highest BCUT2D eigenvalue weighted by molar-refractivity contribution is 6.34. The number of non-ortho nitro benzene ring substituents is 1. The molecule has 1 heterocycles. The highest BCUT2D eigenvalue weighted by atomic mass is 35.5. The predicted octanol–water partition coefficient (Wildman–Crippen LogP) is 7.48. The Morgan fingerprint density at radius 2 is 1.70 bits per heavy atom. The highest BCUT2D eigenvalue weighted by Gasteiger charge is 2.44. The molecule has 206 valence electrons. The van der Waals surface area contributed by atoms with Crippen molar-refractivity contribution < 1.29 is 19.2 Å². The Labute approximate surface area is 238 Å². The summed E-state index contributed by atoms with van der Waals surface area (Å²) in [6, 6.07) is 19.1. The van der Waals surface area contributed by atoms with Crippen molar-refractivity contribution in [2.24, 2.45) is 11.0 Å². The molecular weight excluding hydrogens is 530 g/mol. The second kappa shape index (κ2) is 11.9. The summed E-state index contributed by atoms with van der Waals surface area (Å²) >= 11 is 6.39. The second-order valence-corrected chi connectivity index (χ2v) is 10.1. The van der Waals surface area contributed by atoms with Crippen LogP contribution in [0.3, 0.4) is 0 Å². The Hall–Kier alpha value is -4.17. The van der Waals surface area contributed by atoms with Gasteiger partial charge in [-0.15, -0.1) is 0 Å². The van der Waals surface area contributed by atoms with Gasteiger partial charge in [-0.25, -0.2) is 5.01 Å². The molecule has 9 heteroatoms. The van der Waals surface area contributed by atoms with Gasteiger partial charge >= 0.3 is 0 Å². The largest absolute Gasteiger partial charge is 0.494 e. The van der Waals surface area contributed by atoms with E-state index in [2.05, 4.69) is 6.08 Å². The van der Waals surface area contributed by atoms with Gasteiger partial charge < -0.3 is 9.47 Å². The van der Waals surface area contributed by atoms with Crippen LogP contribution in [-0.2, 0) is 0 Å². The molecule has 5 rings (SSSR count). The molecule has 8 nitrogen and oxygen atoms in total. The number of rotatable bonds is 8. The summed E-state index contributed by atoms with van der Waals surface area (Å²) in [4.78, 5) is 24.9. The third kappa shape index (κ3) is 5.58. The summed E-state index contributed by atoms with van der Waals surface area (Å²) in [5.41, 5.74) is 3.69.